The fourth-order valence-electron chi connectivity index (χ4n) is 3.08. The number of benzene rings is 2. The number of hydrogen-bond donors (Lipinski definition) is 1. The van der Waals surface area contributed by atoms with Crippen LogP contribution in [0.1, 0.15) is 35.6 Å². The highest BCUT2D eigenvalue weighted by Crippen LogP contribution is 2.26. The van der Waals surface area contributed by atoms with E-state index in [1.807, 2.05) is 13.0 Å². The Labute approximate surface area is 126 Å². The van der Waals surface area contributed by atoms with Gasteiger partial charge in [0.15, 0.2) is 0 Å². The molecule has 0 bridgehead atoms. The number of hydrogen-bond acceptors (Lipinski definition) is 1. The summed E-state index contributed by atoms with van der Waals surface area (Å²) in [5.74, 6) is -0.148. The topological polar surface area (TPSA) is 12.0 Å². The summed E-state index contributed by atoms with van der Waals surface area (Å²) in [6, 6.07) is 12.4. The van der Waals surface area contributed by atoms with E-state index in [1.54, 1.807) is 12.1 Å². The standard InChI is InChI=1S/C19H22FN/c1-13-11-18(20)9-8-16(13)7-4-15-5-10-19-17(12-15)6-3-14(2)21-19/h5,8-12,14,21H,3-4,6-7H2,1-2H3. The number of fused-ring (bicyclic) bond motifs is 1. The van der Waals surface area contributed by atoms with Crippen molar-refractivity contribution in [3.05, 3.63) is 64.5 Å². The van der Waals surface area contributed by atoms with Gasteiger partial charge in [-0.1, -0.05) is 18.2 Å². The summed E-state index contributed by atoms with van der Waals surface area (Å²) in [4.78, 5) is 0. The first-order valence-electron chi connectivity index (χ1n) is 7.75. The lowest BCUT2D eigenvalue weighted by Crippen LogP contribution is -2.21. The Morgan fingerprint density at radius 3 is 2.81 bits per heavy atom. The molecule has 1 unspecified atom stereocenters. The van der Waals surface area contributed by atoms with E-state index >= 15 is 0 Å². The van der Waals surface area contributed by atoms with E-state index in [0.29, 0.717) is 6.04 Å². The minimum Gasteiger partial charge on any atom is -0.382 e. The summed E-state index contributed by atoms with van der Waals surface area (Å²) in [7, 11) is 0. The van der Waals surface area contributed by atoms with Gasteiger partial charge in [-0.25, -0.2) is 4.39 Å². The number of anilines is 1. The quantitative estimate of drug-likeness (QED) is 0.863. The van der Waals surface area contributed by atoms with Crippen LogP contribution in [0.4, 0.5) is 10.1 Å². The van der Waals surface area contributed by atoms with Crippen LogP contribution >= 0.6 is 0 Å². The monoisotopic (exact) mass is 283 g/mol. The van der Waals surface area contributed by atoms with Crippen LogP contribution in [0.2, 0.25) is 0 Å². The molecule has 1 heterocycles. The highest BCUT2D eigenvalue weighted by atomic mass is 19.1. The molecule has 0 radical (unpaired) electrons. The summed E-state index contributed by atoms with van der Waals surface area (Å²) in [5.41, 5.74) is 6.37. The Hall–Kier alpha value is -1.83. The molecule has 0 saturated carbocycles. The van der Waals surface area contributed by atoms with Gasteiger partial charge in [-0.05, 0) is 80.0 Å². The summed E-state index contributed by atoms with van der Waals surface area (Å²) >= 11 is 0. The van der Waals surface area contributed by atoms with Crippen molar-refractivity contribution in [1.82, 2.24) is 0 Å². The average Bonchev–Trinajstić information content (AvgIpc) is 2.46. The largest absolute Gasteiger partial charge is 0.382 e. The van der Waals surface area contributed by atoms with Crippen molar-refractivity contribution in [2.45, 2.75) is 45.6 Å². The molecule has 1 N–H and O–H groups in total. The van der Waals surface area contributed by atoms with Crippen molar-refractivity contribution >= 4 is 5.69 Å². The summed E-state index contributed by atoms with van der Waals surface area (Å²) in [5, 5.41) is 3.53. The number of halogens is 1. The van der Waals surface area contributed by atoms with Crippen LogP contribution in [0.3, 0.4) is 0 Å². The second-order valence-electron chi connectivity index (χ2n) is 6.15. The maximum Gasteiger partial charge on any atom is 0.123 e. The molecule has 3 rings (SSSR count). The third-order valence-corrected chi connectivity index (χ3v) is 4.41. The maximum absolute atomic E-state index is 13.1. The van der Waals surface area contributed by atoms with Gasteiger partial charge in [0.25, 0.3) is 0 Å². The molecule has 1 atom stereocenters. The van der Waals surface area contributed by atoms with Gasteiger partial charge in [-0.3, -0.25) is 0 Å². The summed E-state index contributed by atoms with van der Waals surface area (Å²) in [6.45, 7) is 4.21. The molecule has 0 aromatic heterocycles. The number of aryl methyl sites for hydroxylation is 4. The molecular formula is C19H22FN. The second kappa shape index (κ2) is 5.88. The average molecular weight is 283 g/mol. The van der Waals surface area contributed by atoms with Gasteiger partial charge < -0.3 is 5.32 Å². The van der Waals surface area contributed by atoms with Crippen molar-refractivity contribution in [3.63, 3.8) is 0 Å². The van der Waals surface area contributed by atoms with Crippen molar-refractivity contribution < 1.29 is 4.39 Å². The molecule has 2 aromatic carbocycles. The Morgan fingerprint density at radius 1 is 1.14 bits per heavy atom. The minimum absolute atomic E-state index is 0.148. The fraction of sp³-hybridized carbons (Fsp3) is 0.368. The van der Waals surface area contributed by atoms with E-state index in [1.165, 1.54) is 28.8 Å². The van der Waals surface area contributed by atoms with Gasteiger partial charge in [0.05, 0.1) is 0 Å². The van der Waals surface area contributed by atoms with Gasteiger partial charge in [-0.15, -0.1) is 0 Å². The van der Waals surface area contributed by atoms with Gasteiger partial charge >= 0.3 is 0 Å². The number of nitrogens with one attached hydrogen (secondary N) is 1. The molecule has 0 aliphatic carbocycles. The Bertz CT molecular complexity index is 648. The molecule has 1 aliphatic rings. The molecular weight excluding hydrogens is 261 g/mol. The lowest BCUT2D eigenvalue weighted by Gasteiger charge is -2.24. The summed E-state index contributed by atoms with van der Waals surface area (Å²) in [6.07, 6.45) is 4.34. The molecule has 2 aromatic rings. The Kier molecular flexibility index (Phi) is 3.96. The van der Waals surface area contributed by atoms with Crippen molar-refractivity contribution in [1.29, 1.82) is 0 Å². The molecule has 2 heteroatoms. The van der Waals surface area contributed by atoms with E-state index in [2.05, 4.69) is 30.4 Å². The zero-order chi connectivity index (χ0) is 14.8. The van der Waals surface area contributed by atoms with Crippen LogP contribution in [0.15, 0.2) is 36.4 Å². The van der Waals surface area contributed by atoms with Crippen LogP contribution in [-0.2, 0) is 19.3 Å². The van der Waals surface area contributed by atoms with Crippen LogP contribution in [0, 0.1) is 12.7 Å². The SMILES string of the molecule is Cc1cc(F)ccc1CCc1ccc2c(c1)CCC(C)N2. The third-order valence-electron chi connectivity index (χ3n) is 4.41. The normalized spacial score (nSPS) is 17.2. The van der Waals surface area contributed by atoms with E-state index in [0.717, 1.165) is 24.8 Å². The van der Waals surface area contributed by atoms with Crippen LogP contribution in [0.5, 0.6) is 0 Å². The lowest BCUT2D eigenvalue weighted by molar-refractivity contribution is 0.625. The molecule has 0 amide bonds. The van der Waals surface area contributed by atoms with Crippen molar-refractivity contribution in [2.24, 2.45) is 0 Å². The van der Waals surface area contributed by atoms with E-state index in [9.17, 15) is 4.39 Å². The van der Waals surface area contributed by atoms with Gasteiger partial charge in [-0.2, -0.15) is 0 Å². The van der Waals surface area contributed by atoms with E-state index in [-0.39, 0.29) is 5.82 Å². The van der Waals surface area contributed by atoms with E-state index in [4.69, 9.17) is 0 Å². The lowest BCUT2D eigenvalue weighted by atomic mass is 9.94. The minimum atomic E-state index is -0.148. The third kappa shape index (κ3) is 3.26. The zero-order valence-electron chi connectivity index (χ0n) is 12.7. The van der Waals surface area contributed by atoms with Gasteiger partial charge in [0.1, 0.15) is 5.82 Å². The Morgan fingerprint density at radius 2 is 2.00 bits per heavy atom. The zero-order valence-corrected chi connectivity index (χ0v) is 12.7. The van der Waals surface area contributed by atoms with E-state index < -0.39 is 0 Å². The highest BCUT2D eigenvalue weighted by Gasteiger charge is 2.14. The first-order chi connectivity index (χ1) is 10.1. The highest BCUT2D eigenvalue weighted by molar-refractivity contribution is 5.55. The van der Waals surface area contributed by atoms with Crippen LogP contribution < -0.4 is 5.32 Å². The van der Waals surface area contributed by atoms with Crippen LogP contribution in [0.25, 0.3) is 0 Å². The van der Waals surface area contributed by atoms with Crippen molar-refractivity contribution in [2.75, 3.05) is 5.32 Å². The smallest absolute Gasteiger partial charge is 0.123 e. The van der Waals surface area contributed by atoms with Crippen LogP contribution in [-0.4, -0.2) is 6.04 Å². The fourth-order valence-corrected chi connectivity index (χ4v) is 3.08. The molecule has 0 saturated heterocycles. The van der Waals surface area contributed by atoms with Gasteiger partial charge in [0.2, 0.25) is 0 Å². The second-order valence-corrected chi connectivity index (χ2v) is 6.15. The molecule has 0 fully saturated rings. The van der Waals surface area contributed by atoms with Gasteiger partial charge in [0, 0.05) is 11.7 Å². The Balaban J connectivity index is 1.71. The molecule has 1 nitrogen and oxygen atoms in total. The van der Waals surface area contributed by atoms with Crippen molar-refractivity contribution in [3.8, 4) is 0 Å². The predicted molar refractivity (Wildman–Crippen MR) is 86.4 cm³/mol. The number of rotatable bonds is 3. The molecule has 21 heavy (non-hydrogen) atoms. The predicted octanol–water partition coefficient (Wildman–Crippen LogP) is 4.67. The maximum atomic E-state index is 13.1. The molecule has 110 valence electrons. The molecule has 1 aliphatic heterocycles. The first-order valence-corrected chi connectivity index (χ1v) is 7.75. The summed E-state index contributed by atoms with van der Waals surface area (Å²) < 4.78 is 13.1. The first kappa shape index (κ1) is 14.1. The molecule has 0 spiro atoms.